The van der Waals surface area contributed by atoms with Gasteiger partial charge in [0, 0.05) is 29.0 Å². The molecule has 26 heavy (non-hydrogen) atoms. The topological polar surface area (TPSA) is 73.9 Å². The Morgan fingerprint density at radius 1 is 1.15 bits per heavy atom. The minimum absolute atomic E-state index is 0.0440. The van der Waals surface area contributed by atoms with Gasteiger partial charge >= 0.3 is 5.97 Å². The summed E-state index contributed by atoms with van der Waals surface area (Å²) in [6.07, 6.45) is 2.04. The molecule has 6 nitrogen and oxygen atoms in total. The summed E-state index contributed by atoms with van der Waals surface area (Å²) in [5.74, 6) is 0.103. The first-order valence-electron chi connectivity index (χ1n) is 8.56. The highest BCUT2D eigenvalue weighted by atomic mass is 16.5. The number of hydrogen-bond donors (Lipinski definition) is 1. The lowest BCUT2D eigenvalue weighted by atomic mass is 9.75. The maximum Gasteiger partial charge on any atom is 0.336 e. The van der Waals surface area contributed by atoms with Crippen LogP contribution in [-0.2, 0) is 14.3 Å². The minimum Gasteiger partial charge on any atom is -0.493 e. The second kappa shape index (κ2) is 7.23. The zero-order valence-corrected chi connectivity index (χ0v) is 15.5. The third-order valence-electron chi connectivity index (χ3n) is 4.93. The van der Waals surface area contributed by atoms with Crippen LogP contribution in [0, 0.1) is 0 Å². The third kappa shape index (κ3) is 2.85. The van der Waals surface area contributed by atoms with Gasteiger partial charge in [0.05, 0.1) is 32.8 Å². The highest BCUT2D eigenvalue weighted by molar-refractivity contribution is 6.04. The van der Waals surface area contributed by atoms with Gasteiger partial charge in [0.15, 0.2) is 17.3 Å². The molecule has 0 fully saturated rings. The molecule has 138 valence electrons. The number of para-hydroxylation sites is 1. The molecule has 1 heterocycles. The first-order valence-corrected chi connectivity index (χ1v) is 8.56. The smallest absolute Gasteiger partial charge is 0.336 e. The fourth-order valence-corrected chi connectivity index (χ4v) is 3.81. The van der Waals surface area contributed by atoms with Crippen molar-refractivity contribution in [2.24, 2.45) is 0 Å². The number of Topliss-reactive ketones (excluding diaryl/α,β-unsaturated/α-hetero) is 1. The van der Waals surface area contributed by atoms with E-state index in [0.717, 1.165) is 24.1 Å². The molecule has 1 aromatic carbocycles. The lowest BCUT2D eigenvalue weighted by Gasteiger charge is -2.34. The van der Waals surface area contributed by atoms with Crippen molar-refractivity contribution in [2.45, 2.75) is 32.1 Å². The van der Waals surface area contributed by atoms with E-state index in [-0.39, 0.29) is 5.78 Å². The Morgan fingerprint density at radius 3 is 2.58 bits per heavy atom. The monoisotopic (exact) mass is 357 g/mol. The van der Waals surface area contributed by atoms with E-state index in [0.29, 0.717) is 34.8 Å². The predicted molar refractivity (Wildman–Crippen MR) is 96.0 cm³/mol. The van der Waals surface area contributed by atoms with Crippen LogP contribution in [-0.4, -0.2) is 33.1 Å². The van der Waals surface area contributed by atoms with Crippen LogP contribution < -0.4 is 14.8 Å². The number of carbonyl (C=O) groups is 2. The van der Waals surface area contributed by atoms with Crippen LogP contribution in [0.2, 0.25) is 0 Å². The summed E-state index contributed by atoms with van der Waals surface area (Å²) in [6.45, 7) is 1.83. The molecule has 1 atom stereocenters. The van der Waals surface area contributed by atoms with Crippen molar-refractivity contribution in [1.82, 2.24) is 5.32 Å². The number of hydrogen-bond acceptors (Lipinski definition) is 6. The van der Waals surface area contributed by atoms with Crippen molar-refractivity contribution in [1.29, 1.82) is 0 Å². The molecule has 0 radical (unpaired) electrons. The summed E-state index contributed by atoms with van der Waals surface area (Å²) in [7, 11) is 4.45. The average molecular weight is 357 g/mol. The van der Waals surface area contributed by atoms with Crippen molar-refractivity contribution in [2.75, 3.05) is 21.3 Å². The van der Waals surface area contributed by atoms with Crippen LogP contribution in [0.25, 0.3) is 0 Å². The molecule has 0 saturated carbocycles. The van der Waals surface area contributed by atoms with Crippen LogP contribution in [0.3, 0.4) is 0 Å². The second-order valence-corrected chi connectivity index (χ2v) is 6.34. The summed E-state index contributed by atoms with van der Waals surface area (Å²) in [5.41, 5.74) is 3.33. The number of ketones is 1. The van der Waals surface area contributed by atoms with E-state index in [9.17, 15) is 9.59 Å². The van der Waals surface area contributed by atoms with E-state index in [1.807, 2.05) is 19.1 Å². The lowest BCUT2D eigenvalue weighted by Crippen LogP contribution is -2.34. The van der Waals surface area contributed by atoms with Gasteiger partial charge in [-0.15, -0.1) is 0 Å². The van der Waals surface area contributed by atoms with Gasteiger partial charge < -0.3 is 19.5 Å². The van der Waals surface area contributed by atoms with Gasteiger partial charge in [0.25, 0.3) is 0 Å². The molecule has 3 rings (SSSR count). The average Bonchev–Trinajstić information content (AvgIpc) is 2.65. The number of rotatable bonds is 4. The molecule has 0 unspecified atom stereocenters. The first-order chi connectivity index (χ1) is 12.5. The summed E-state index contributed by atoms with van der Waals surface area (Å²) in [6, 6.07) is 5.48. The summed E-state index contributed by atoms with van der Waals surface area (Å²) in [4.78, 5) is 25.4. The maximum atomic E-state index is 12.8. The number of methoxy groups -OCH3 is 3. The fourth-order valence-electron chi connectivity index (χ4n) is 3.81. The van der Waals surface area contributed by atoms with Crippen molar-refractivity contribution in [3.8, 4) is 11.5 Å². The summed E-state index contributed by atoms with van der Waals surface area (Å²) >= 11 is 0. The molecule has 0 amide bonds. The van der Waals surface area contributed by atoms with Crippen molar-refractivity contribution >= 4 is 11.8 Å². The molecule has 1 N–H and O–H groups in total. The lowest BCUT2D eigenvalue weighted by molar-refractivity contribution is -0.136. The van der Waals surface area contributed by atoms with E-state index in [4.69, 9.17) is 14.2 Å². The van der Waals surface area contributed by atoms with Crippen LogP contribution in [0.5, 0.6) is 11.5 Å². The van der Waals surface area contributed by atoms with E-state index in [1.54, 1.807) is 20.3 Å². The van der Waals surface area contributed by atoms with E-state index in [1.165, 1.54) is 7.11 Å². The quantitative estimate of drug-likeness (QED) is 0.836. The Balaban J connectivity index is 2.28. The maximum absolute atomic E-state index is 12.8. The van der Waals surface area contributed by atoms with Gasteiger partial charge in [-0.2, -0.15) is 0 Å². The van der Waals surface area contributed by atoms with E-state index >= 15 is 0 Å². The molecular weight excluding hydrogens is 334 g/mol. The standard InChI is InChI=1S/C20H23NO5/c1-11-16(20(23)26-4)17(18-13(21-11)8-6-9-14(18)22)12-7-5-10-15(24-2)19(12)25-3/h5,7,10,17,21H,6,8-9H2,1-4H3/t17-/m1/s1. The van der Waals surface area contributed by atoms with Crippen LogP contribution in [0.15, 0.2) is 40.7 Å². The molecule has 0 spiro atoms. The first kappa shape index (κ1) is 18.0. The molecule has 1 aliphatic carbocycles. The molecule has 0 bridgehead atoms. The zero-order valence-electron chi connectivity index (χ0n) is 15.5. The van der Waals surface area contributed by atoms with E-state index in [2.05, 4.69) is 5.32 Å². The number of allylic oxidation sites excluding steroid dienone is 3. The second-order valence-electron chi connectivity index (χ2n) is 6.34. The Bertz CT molecular complexity index is 821. The largest absolute Gasteiger partial charge is 0.493 e. The molecule has 0 aromatic heterocycles. The van der Waals surface area contributed by atoms with Gasteiger partial charge in [-0.3, -0.25) is 4.79 Å². The predicted octanol–water partition coefficient (Wildman–Crippen LogP) is 2.84. The van der Waals surface area contributed by atoms with Gasteiger partial charge in [-0.05, 0) is 25.8 Å². The SMILES string of the molecule is COC(=O)C1=C(C)NC2=C(C(=O)CCC2)[C@@H]1c1cccc(OC)c1OC. The molecule has 6 heteroatoms. The molecular formula is C20H23NO5. The molecule has 0 saturated heterocycles. The third-order valence-corrected chi connectivity index (χ3v) is 4.93. The highest BCUT2D eigenvalue weighted by Crippen LogP contribution is 2.47. The minimum atomic E-state index is -0.545. The molecule has 1 aromatic rings. The number of benzene rings is 1. The number of dihydropyridines is 1. The summed E-state index contributed by atoms with van der Waals surface area (Å²) < 4.78 is 16.0. The van der Waals surface area contributed by atoms with Gasteiger partial charge in [-0.25, -0.2) is 4.79 Å². The number of carbonyl (C=O) groups excluding carboxylic acids is 2. The van der Waals surface area contributed by atoms with Gasteiger partial charge in [-0.1, -0.05) is 12.1 Å². The van der Waals surface area contributed by atoms with Crippen LogP contribution in [0.4, 0.5) is 0 Å². The van der Waals surface area contributed by atoms with Crippen LogP contribution >= 0.6 is 0 Å². The van der Waals surface area contributed by atoms with Crippen molar-refractivity contribution in [3.05, 3.63) is 46.3 Å². The Hall–Kier alpha value is -2.76. The van der Waals surface area contributed by atoms with E-state index < -0.39 is 11.9 Å². The Kier molecular flexibility index (Phi) is 5.02. The number of esters is 1. The fraction of sp³-hybridized carbons (Fsp3) is 0.400. The molecule has 2 aliphatic rings. The summed E-state index contributed by atoms with van der Waals surface area (Å²) in [5, 5.41) is 3.25. The number of ether oxygens (including phenoxy) is 3. The van der Waals surface area contributed by atoms with Gasteiger partial charge in [0.1, 0.15) is 0 Å². The zero-order chi connectivity index (χ0) is 18.8. The Labute approximate surface area is 152 Å². The number of nitrogens with one attached hydrogen (secondary N) is 1. The Morgan fingerprint density at radius 2 is 1.92 bits per heavy atom. The normalized spacial score (nSPS) is 19.7. The molecule has 1 aliphatic heterocycles. The van der Waals surface area contributed by atoms with Gasteiger partial charge in [0.2, 0.25) is 0 Å². The van der Waals surface area contributed by atoms with Crippen LogP contribution in [0.1, 0.15) is 37.7 Å². The van der Waals surface area contributed by atoms with Crippen molar-refractivity contribution in [3.63, 3.8) is 0 Å². The van der Waals surface area contributed by atoms with Crippen molar-refractivity contribution < 1.29 is 23.8 Å². The highest BCUT2D eigenvalue weighted by Gasteiger charge is 2.40.